The van der Waals surface area contributed by atoms with Crippen LogP contribution in [0.2, 0.25) is 0 Å². The Hall–Kier alpha value is -2.67. The molecule has 3 heterocycles. The molecule has 0 saturated heterocycles. The molecule has 0 fully saturated rings. The Labute approximate surface area is 132 Å². The van der Waals surface area contributed by atoms with Crippen LogP contribution in [0.1, 0.15) is 17.4 Å². The van der Waals surface area contributed by atoms with Crippen molar-refractivity contribution in [1.29, 1.82) is 0 Å². The van der Waals surface area contributed by atoms with Crippen molar-refractivity contribution in [3.63, 3.8) is 0 Å². The van der Waals surface area contributed by atoms with E-state index < -0.39 is 12.0 Å². The number of nitrogens with zero attached hydrogens (tertiary/aromatic N) is 4. The molecule has 1 atom stereocenters. The van der Waals surface area contributed by atoms with E-state index in [-0.39, 0.29) is 0 Å². The van der Waals surface area contributed by atoms with Crippen LogP contribution in [0.5, 0.6) is 0 Å². The number of aliphatic carboxylic acids is 1. The average molecular weight is 312 g/mol. The highest BCUT2D eigenvalue weighted by atomic mass is 16.4. The Morgan fingerprint density at radius 1 is 1.39 bits per heavy atom. The maximum Gasteiger partial charge on any atom is 0.322 e. The van der Waals surface area contributed by atoms with Gasteiger partial charge in [-0.2, -0.15) is 0 Å². The Bertz CT molecular complexity index is 849. The third kappa shape index (κ3) is 2.39. The van der Waals surface area contributed by atoms with Crippen LogP contribution in [0.4, 0.5) is 0 Å². The number of hydrogen-bond acceptors (Lipinski definition) is 5. The molecular formula is C16H16N4O3. The molecule has 0 saturated carbocycles. The molecule has 0 amide bonds. The molecule has 1 aliphatic rings. The van der Waals surface area contributed by atoms with Crippen molar-refractivity contribution in [2.75, 3.05) is 0 Å². The normalized spacial score (nSPS) is 18.2. The highest BCUT2D eigenvalue weighted by Gasteiger charge is 2.33. The fourth-order valence-electron chi connectivity index (χ4n) is 3.07. The molecule has 3 aromatic rings. The topological polar surface area (TPSA) is 84.4 Å². The van der Waals surface area contributed by atoms with Crippen LogP contribution in [0.25, 0.3) is 11.0 Å². The van der Waals surface area contributed by atoms with Crippen molar-refractivity contribution in [2.24, 2.45) is 0 Å². The molecule has 2 aromatic heterocycles. The summed E-state index contributed by atoms with van der Waals surface area (Å²) in [5.41, 5.74) is 0.811. The molecular weight excluding hydrogens is 296 g/mol. The summed E-state index contributed by atoms with van der Waals surface area (Å²) < 4.78 is 7.68. The molecule has 7 nitrogen and oxygen atoms in total. The lowest BCUT2D eigenvalue weighted by atomic mass is 10.1. The maximum absolute atomic E-state index is 11.6. The summed E-state index contributed by atoms with van der Waals surface area (Å²) in [5.74, 6) is 1.44. The average Bonchev–Trinajstić information content (AvgIpc) is 3.09. The Morgan fingerprint density at radius 2 is 2.22 bits per heavy atom. The largest absolute Gasteiger partial charge is 0.480 e. The van der Waals surface area contributed by atoms with Crippen LogP contribution < -0.4 is 0 Å². The van der Waals surface area contributed by atoms with E-state index in [9.17, 15) is 9.90 Å². The lowest BCUT2D eigenvalue weighted by Gasteiger charge is -2.32. The zero-order chi connectivity index (χ0) is 16.0. The summed E-state index contributed by atoms with van der Waals surface area (Å²) in [6, 6.07) is 9.09. The van der Waals surface area contributed by atoms with E-state index in [1.165, 1.54) is 0 Å². The van der Waals surface area contributed by atoms with Crippen molar-refractivity contribution < 1.29 is 14.3 Å². The summed E-state index contributed by atoms with van der Waals surface area (Å²) in [5, 5.41) is 18.7. The van der Waals surface area contributed by atoms with Gasteiger partial charge in [-0.25, -0.2) is 0 Å². The maximum atomic E-state index is 11.6. The molecule has 7 heteroatoms. The molecule has 0 radical (unpaired) electrons. The van der Waals surface area contributed by atoms with Crippen LogP contribution in [-0.4, -0.2) is 36.8 Å². The summed E-state index contributed by atoms with van der Waals surface area (Å²) in [7, 11) is 0. The fraction of sp³-hybridized carbons (Fsp3) is 0.312. The minimum absolute atomic E-state index is 0.351. The lowest BCUT2D eigenvalue weighted by Crippen LogP contribution is -2.47. The molecule has 23 heavy (non-hydrogen) atoms. The minimum Gasteiger partial charge on any atom is -0.480 e. The highest BCUT2D eigenvalue weighted by Crippen LogP contribution is 2.24. The monoisotopic (exact) mass is 312 g/mol. The number of aromatic nitrogens is 3. The van der Waals surface area contributed by atoms with Crippen LogP contribution in [0.15, 0.2) is 34.7 Å². The number of furan rings is 1. The number of benzene rings is 1. The second-order valence-electron chi connectivity index (χ2n) is 5.78. The molecule has 1 aliphatic heterocycles. The van der Waals surface area contributed by atoms with Crippen LogP contribution in [0, 0.1) is 6.92 Å². The fourth-order valence-corrected chi connectivity index (χ4v) is 3.07. The van der Waals surface area contributed by atoms with E-state index in [2.05, 4.69) is 10.2 Å². The second-order valence-corrected chi connectivity index (χ2v) is 5.78. The predicted octanol–water partition coefficient (Wildman–Crippen LogP) is 1.80. The van der Waals surface area contributed by atoms with Gasteiger partial charge in [0.2, 0.25) is 0 Å². The number of aryl methyl sites for hydroxylation is 1. The van der Waals surface area contributed by atoms with Crippen molar-refractivity contribution in [2.45, 2.75) is 32.6 Å². The summed E-state index contributed by atoms with van der Waals surface area (Å²) in [4.78, 5) is 13.5. The Kier molecular flexibility index (Phi) is 3.16. The Morgan fingerprint density at radius 3 is 3.00 bits per heavy atom. The van der Waals surface area contributed by atoms with Crippen molar-refractivity contribution in [3.05, 3.63) is 47.7 Å². The van der Waals surface area contributed by atoms with Crippen molar-refractivity contribution in [1.82, 2.24) is 19.7 Å². The zero-order valence-corrected chi connectivity index (χ0v) is 12.6. The number of para-hydroxylation sites is 1. The van der Waals surface area contributed by atoms with Gasteiger partial charge in [-0.1, -0.05) is 18.2 Å². The number of carboxylic acids is 1. The molecule has 4 rings (SSSR count). The van der Waals surface area contributed by atoms with Crippen molar-refractivity contribution in [3.8, 4) is 0 Å². The van der Waals surface area contributed by atoms with Crippen LogP contribution in [0.3, 0.4) is 0 Å². The molecule has 1 unspecified atom stereocenters. The second kappa shape index (κ2) is 5.20. The smallest absolute Gasteiger partial charge is 0.322 e. The van der Waals surface area contributed by atoms with Gasteiger partial charge in [0.05, 0.1) is 19.6 Å². The van der Waals surface area contributed by atoms with Gasteiger partial charge in [-0.05, 0) is 19.1 Å². The first-order valence-electron chi connectivity index (χ1n) is 7.45. The standard InChI is InChI=1S/C16H16N4O3/c1-10-17-18-15-9-19(13(16(21)22)8-20(10)15)7-12-6-11-4-2-3-5-14(11)23-12/h2-6,13H,7-9H2,1H3,(H,21,22). The van der Waals surface area contributed by atoms with Gasteiger partial charge in [-0.15, -0.1) is 10.2 Å². The van der Waals surface area contributed by atoms with Gasteiger partial charge >= 0.3 is 5.97 Å². The number of fused-ring (bicyclic) bond motifs is 2. The van der Waals surface area contributed by atoms with Crippen molar-refractivity contribution >= 4 is 16.9 Å². The van der Waals surface area contributed by atoms with E-state index in [1.54, 1.807) is 0 Å². The van der Waals surface area contributed by atoms with E-state index in [0.29, 0.717) is 19.6 Å². The third-order valence-corrected chi connectivity index (χ3v) is 4.27. The van der Waals surface area contributed by atoms with Gasteiger partial charge in [0, 0.05) is 5.39 Å². The highest BCUT2D eigenvalue weighted by molar-refractivity contribution is 5.77. The van der Waals surface area contributed by atoms with Gasteiger partial charge in [0.15, 0.2) is 0 Å². The van der Waals surface area contributed by atoms with Crippen LogP contribution >= 0.6 is 0 Å². The quantitative estimate of drug-likeness (QED) is 0.794. The van der Waals surface area contributed by atoms with E-state index in [4.69, 9.17) is 4.42 Å². The number of carboxylic acid groups (broad SMARTS) is 1. The molecule has 0 bridgehead atoms. The van der Waals surface area contributed by atoms with Gasteiger partial charge in [0.25, 0.3) is 0 Å². The first-order valence-corrected chi connectivity index (χ1v) is 7.45. The molecule has 118 valence electrons. The molecule has 1 aromatic carbocycles. The number of carbonyl (C=O) groups is 1. The number of hydrogen-bond donors (Lipinski definition) is 1. The Balaban J connectivity index is 1.64. The molecule has 0 aliphatic carbocycles. The first-order chi connectivity index (χ1) is 11.1. The SMILES string of the molecule is Cc1nnc2n1CC(C(=O)O)N(Cc1cc3ccccc3o1)C2. The van der Waals surface area contributed by atoms with Gasteiger partial charge in [-0.3, -0.25) is 9.69 Å². The molecule has 1 N–H and O–H groups in total. The predicted molar refractivity (Wildman–Crippen MR) is 81.6 cm³/mol. The molecule has 0 spiro atoms. The lowest BCUT2D eigenvalue weighted by molar-refractivity contribution is -0.145. The zero-order valence-electron chi connectivity index (χ0n) is 12.6. The number of rotatable bonds is 3. The summed E-state index contributed by atoms with van der Waals surface area (Å²) in [6.45, 7) is 3.06. The van der Waals surface area contributed by atoms with E-state index in [0.717, 1.165) is 28.4 Å². The van der Waals surface area contributed by atoms with Crippen LogP contribution in [-0.2, 0) is 24.4 Å². The van der Waals surface area contributed by atoms with E-state index in [1.807, 2.05) is 46.7 Å². The minimum atomic E-state index is -0.847. The van der Waals surface area contributed by atoms with E-state index >= 15 is 0 Å². The van der Waals surface area contributed by atoms with Gasteiger partial charge < -0.3 is 14.1 Å². The third-order valence-electron chi connectivity index (χ3n) is 4.27. The summed E-state index contributed by atoms with van der Waals surface area (Å²) in [6.07, 6.45) is 0. The summed E-state index contributed by atoms with van der Waals surface area (Å²) >= 11 is 0. The first kappa shape index (κ1) is 14.0. The van der Waals surface area contributed by atoms with Gasteiger partial charge in [0.1, 0.15) is 29.0 Å².